The van der Waals surface area contributed by atoms with Gasteiger partial charge in [-0.2, -0.15) is 5.26 Å². The van der Waals surface area contributed by atoms with E-state index in [9.17, 15) is 19.2 Å². The molecule has 0 aromatic heterocycles. The Morgan fingerprint density at radius 2 is 2.07 bits per heavy atom. The number of carbonyl (C=O) groups is 2. The van der Waals surface area contributed by atoms with Gasteiger partial charge < -0.3 is 10.6 Å². The molecule has 0 saturated carbocycles. The number of carbonyl (C=O) groups excluding carboxylic acids is 2. The number of anilines is 1. The number of nitrogens with one attached hydrogen (secondary N) is 2. The van der Waals surface area contributed by atoms with Crippen molar-refractivity contribution in [2.24, 2.45) is 0 Å². The topological polar surface area (TPSA) is 82.0 Å². The summed E-state index contributed by atoms with van der Waals surface area (Å²) >= 11 is 7.14. The zero-order valence-corrected chi connectivity index (χ0v) is 17.0. The van der Waals surface area contributed by atoms with Crippen LogP contribution in [0.15, 0.2) is 53.1 Å². The van der Waals surface area contributed by atoms with E-state index < -0.39 is 5.92 Å². The number of allylic oxidation sites excluding steroid dienone is 1. The Bertz CT molecular complexity index is 1030. The fraction of sp³-hybridized carbons (Fsp3) is 0.190. The molecule has 5 nitrogen and oxygen atoms in total. The molecule has 1 atom stereocenters. The molecule has 2 N–H and O–H groups in total. The van der Waals surface area contributed by atoms with E-state index in [1.807, 2.05) is 6.92 Å². The molecule has 1 aliphatic heterocycles. The monoisotopic (exact) mass is 429 g/mol. The van der Waals surface area contributed by atoms with Gasteiger partial charge in [0.05, 0.1) is 22.4 Å². The summed E-state index contributed by atoms with van der Waals surface area (Å²) in [4.78, 5) is 24.4. The van der Waals surface area contributed by atoms with Crippen molar-refractivity contribution in [3.63, 3.8) is 0 Å². The maximum Gasteiger partial charge on any atom is 0.234 e. The first-order valence-corrected chi connectivity index (χ1v) is 10.1. The van der Waals surface area contributed by atoms with Crippen LogP contribution >= 0.6 is 23.4 Å². The van der Waals surface area contributed by atoms with Gasteiger partial charge in [0, 0.05) is 23.0 Å². The molecule has 0 radical (unpaired) electrons. The number of nitriles is 1. The number of thioether (sulfide) groups is 1. The van der Waals surface area contributed by atoms with Gasteiger partial charge in [-0.05, 0) is 42.3 Å². The van der Waals surface area contributed by atoms with E-state index in [0.29, 0.717) is 26.9 Å². The van der Waals surface area contributed by atoms with E-state index in [1.165, 1.54) is 12.1 Å². The molecular formula is C21H17ClFN3O2S. The maximum absolute atomic E-state index is 13.2. The third-order valence-electron chi connectivity index (χ3n) is 4.43. The first-order chi connectivity index (χ1) is 13.9. The number of benzene rings is 2. The van der Waals surface area contributed by atoms with Gasteiger partial charge in [-0.1, -0.05) is 41.6 Å². The van der Waals surface area contributed by atoms with Gasteiger partial charge in [-0.3, -0.25) is 9.59 Å². The Kier molecular flexibility index (Phi) is 6.57. The third kappa shape index (κ3) is 5.17. The van der Waals surface area contributed by atoms with E-state index in [1.54, 1.807) is 30.3 Å². The fourth-order valence-electron chi connectivity index (χ4n) is 2.92. The highest BCUT2D eigenvalue weighted by molar-refractivity contribution is 8.03. The highest BCUT2D eigenvalue weighted by Gasteiger charge is 2.29. The first kappa shape index (κ1) is 20.9. The molecule has 0 bridgehead atoms. The van der Waals surface area contributed by atoms with Crippen molar-refractivity contribution in [1.82, 2.24) is 5.32 Å². The molecule has 0 aliphatic carbocycles. The summed E-state index contributed by atoms with van der Waals surface area (Å²) < 4.78 is 13.2. The van der Waals surface area contributed by atoms with Crippen LogP contribution in [0.5, 0.6) is 0 Å². The molecule has 1 aliphatic rings. The quantitative estimate of drug-likeness (QED) is 0.733. The summed E-state index contributed by atoms with van der Waals surface area (Å²) in [6.07, 6.45) is 0.0899. The lowest BCUT2D eigenvalue weighted by atomic mass is 9.87. The van der Waals surface area contributed by atoms with Gasteiger partial charge in [0.2, 0.25) is 11.8 Å². The van der Waals surface area contributed by atoms with Crippen LogP contribution in [-0.2, 0) is 9.59 Å². The van der Waals surface area contributed by atoms with Gasteiger partial charge in [-0.25, -0.2) is 4.39 Å². The number of rotatable bonds is 5. The van der Waals surface area contributed by atoms with Crippen LogP contribution in [0.1, 0.15) is 23.5 Å². The molecule has 0 fully saturated rings. The molecule has 2 amide bonds. The zero-order chi connectivity index (χ0) is 21.0. The molecule has 148 valence electrons. The average molecular weight is 430 g/mol. The maximum atomic E-state index is 13.2. The molecular weight excluding hydrogens is 413 g/mol. The molecule has 2 aromatic rings. The minimum Gasteiger partial charge on any atom is -0.325 e. The highest BCUT2D eigenvalue weighted by Crippen LogP contribution is 2.36. The lowest BCUT2D eigenvalue weighted by molar-refractivity contribution is -0.121. The van der Waals surface area contributed by atoms with E-state index in [4.69, 9.17) is 11.6 Å². The van der Waals surface area contributed by atoms with Crippen LogP contribution in [-0.4, -0.2) is 17.6 Å². The van der Waals surface area contributed by atoms with Gasteiger partial charge in [0.1, 0.15) is 5.82 Å². The number of amides is 2. The van der Waals surface area contributed by atoms with Gasteiger partial charge >= 0.3 is 0 Å². The number of halogens is 2. The van der Waals surface area contributed by atoms with Crippen LogP contribution in [0.3, 0.4) is 0 Å². The Morgan fingerprint density at radius 1 is 1.34 bits per heavy atom. The molecule has 1 heterocycles. The lowest BCUT2D eigenvalue weighted by Gasteiger charge is -2.25. The summed E-state index contributed by atoms with van der Waals surface area (Å²) in [5.74, 6) is -1.41. The zero-order valence-electron chi connectivity index (χ0n) is 15.5. The standard InChI is InChI=1S/C21H17ClFN3O2S/c1-12-2-7-15(8-18(12)22)25-20(28)11-29-21-17(10-24)16(9-19(27)26-21)13-3-5-14(23)6-4-13/h2-8,16H,9,11H2,1H3,(H,25,28)(H,26,27). The summed E-state index contributed by atoms with van der Waals surface area (Å²) in [5, 5.41) is 15.9. The Morgan fingerprint density at radius 3 is 2.72 bits per heavy atom. The van der Waals surface area contributed by atoms with Gasteiger partial charge in [0.25, 0.3) is 0 Å². The van der Waals surface area contributed by atoms with Crippen molar-refractivity contribution in [3.05, 3.63) is 75.0 Å². The van der Waals surface area contributed by atoms with Crippen molar-refractivity contribution in [2.75, 3.05) is 11.1 Å². The largest absolute Gasteiger partial charge is 0.325 e. The predicted molar refractivity (Wildman–Crippen MR) is 112 cm³/mol. The molecule has 29 heavy (non-hydrogen) atoms. The SMILES string of the molecule is Cc1ccc(NC(=O)CSC2=C(C#N)C(c3ccc(F)cc3)CC(=O)N2)cc1Cl. The number of aryl methyl sites for hydroxylation is 1. The third-order valence-corrected chi connectivity index (χ3v) is 5.86. The molecule has 1 unspecified atom stereocenters. The molecule has 3 rings (SSSR count). The minimum absolute atomic E-state index is 0.00241. The molecule has 0 saturated heterocycles. The number of nitrogens with zero attached hydrogens (tertiary/aromatic N) is 1. The van der Waals surface area contributed by atoms with Crippen LogP contribution in [0.25, 0.3) is 0 Å². The average Bonchev–Trinajstić information content (AvgIpc) is 2.69. The fourth-order valence-corrected chi connectivity index (χ4v) is 3.98. The Balaban J connectivity index is 1.74. The second-order valence-electron chi connectivity index (χ2n) is 6.51. The van der Waals surface area contributed by atoms with Crippen molar-refractivity contribution >= 4 is 40.9 Å². The smallest absolute Gasteiger partial charge is 0.234 e. The first-order valence-electron chi connectivity index (χ1n) is 8.75. The van der Waals surface area contributed by atoms with Crippen LogP contribution in [0.2, 0.25) is 5.02 Å². The molecule has 2 aromatic carbocycles. The van der Waals surface area contributed by atoms with Crippen LogP contribution in [0.4, 0.5) is 10.1 Å². The predicted octanol–water partition coefficient (Wildman–Crippen LogP) is 4.50. The van der Waals surface area contributed by atoms with E-state index in [0.717, 1.165) is 17.3 Å². The van der Waals surface area contributed by atoms with E-state index >= 15 is 0 Å². The Labute approximate surface area is 176 Å². The van der Waals surface area contributed by atoms with Crippen molar-refractivity contribution in [2.45, 2.75) is 19.3 Å². The highest BCUT2D eigenvalue weighted by atomic mass is 35.5. The number of hydrogen-bond acceptors (Lipinski definition) is 4. The van der Waals surface area contributed by atoms with Gasteiger partial charge in [0.15, 0.2) is 0 Å². The van der Waals surface area contributed by atoms with E-state index in [-0.39, 0.29) is 29.8 Å². The van der Waals surface area contributed by atoms with Crippen molar-refractivity contribution in [3.8, 4) is 6.07 Å². The molecule has 0 spiro atoms. The normalized spacial score (nSPS) is 16.2. The van der Waals surface area contributed by atoms with Crippen LogP contribution in [0, 0.1) is 24.1 Å². The summed E-state index contributed by atoms with van der Waals surface area (Å²) in [7, 11) is 0. The second-order valence-corrected chi connectivity index (χ2v) is 7.90. The minimum atomic E-state index is -0.476. The number of hydrogen-bond donors (Lipinski definition) is 2. The molecule has 8 heteroatoms. The lowest BCUT2D eigenvalue weighted by Crippen LogP contribution is -2.31. The summed E-state index contributed by atoms with van der Waals surface area (Å²) in [6.45, 7) is 1.86. The summed E-state index contributed by atoms with van der Waals surface area (Å²) in [6, 6.07) is 13.0. The second kappa shape index (κ2) is 9.12. The summed E-state index contributed by atoms with van der Waals surface area (Å²) in [5.41, 5.74) is 2.50. The van der Waals surface area contributed by atoms with E-state index in [2.05, 4.69) is 16.7 Å². The van der Waals surface area contributed by atoms with Crippen molar-refractivity contribution in [1.29, 1.82) is 5.26 Å². The van der Waals surface area contributed by atoms with Gasteiger partial charge in [-0.15, -0.1) is 0 Å². The van der Waals surface area contributed by atoms with Crippen molar-refractivity contribution < 1.29 is 14.0 Å². The van der Waals surface area contributed by atoms with Crippen LogP contribution < -0.4 is 10.6 Å². The Hall–Kier alpha value is -2.82.